The molecule has 8 heteroatoms. The number of pyridine rings is 2. The Bertz CT molecular complexity index is 1020. The van der Waals surface area contributed by atoms with E-state index in [1.807, 2.05) is 0 Å². The Balaban J connectivity index is 2.24. The third-order valence-corrected chi connectivity index (χ3v) is 4.97. The number of thioether (sulfide) groups is 1. The molecule has 0 radical (unpaired) electrons. The summed E-state index contributed by atoms with van der Waals surface area (Å²) in [4.78, 5) is 8.25. The minimum atomic E-state index is -4.51. The standard InChI is InChI=1S/C21H17F4N3S/c1-2-29-20-16(21(23,24)25)7-8-17(28-20)18(13-9-11-27-12-10-13)19(26)14-3-5-15(22)6-4-14/h3-12H,2,26H2,1H3. The molecule has 2 aromatic heterocycles. The Morgan fingerprint density at radius 3 is 2.21 bits per heavy atom. The molecule has 150 valence electrons. The van der Waals surface area contributed by atoms with Gasteiger partial charge in [-0.05, 0) is 65.4 Å². The van der Waals surface area contributed by atoms with Crippen LogP contribution in [0.4, 0.5) is 17.6 Å². The van der Waals surface area contributed by atoms with E-state index < -0.39 is 17.6 Å². The number of nitrogens with zero attached hydrogens (tertiary/aromatic N) is 2. The second-order valence-corrected chi connectivity index (χ2v) is 7.26. The SMILES string of the molecule is CCSc1nc(C(=C(N)c2ccc(F)cc2)c2ccncc2)ccc1C(F)(F)F. The van der Waals surface area contributed by atoms with Crippen LogP contribution < -0.4 is 5.73 Å². The summed E-state index contributed by atoms with van der Waals surface area (Å²) >= 11 is 1.01. The number of hydrogen-bond donors (Lipinski definition) is 1. The highest BCUT2D eigenvalue weighted by Gasteiger charge is 2.34. The molecule has 0 saturated heterocycles. The first kappa shape index (κ1) is 20.9. The smallest absolute Gasteiger partial charge is 0.398 e. The van der Waals surface area contributed by atoms with E-state index in [4.69, 9.17) is 5.73 Å². The van der Waals surface area contributed by atoms with Gasteiger partial charge in [-0.25, -0.2) is 9.37 Å². The summed E-state index contributed by atoms with van der Waals surface area (Å²) in [5, 5.41) is -0.115. The predicted molar refractivity (Wildman–Crippen MR) is 106 cm³/mol. The molecule has 0 amide bonds. The number of alkyl halides is 3. The minimum Gasteiger partial charge on any atom is -0.398 e. The largest absolute Gasteiger partial charge is 0.419 e. The molecule has 0 fully saturated rings. The highest BCUT2D eigenvalue weighted by Crippen LogP contribution is 2.38. The van der Waals surface area contributed by atoms with E-state index in [0.717, 1.165) is 17.8 Å². The monoisotopic (exact) mass is 419 g/mol. The van der Waals surface area contributed by atoms with Crippen molar-refractivity contribution in [2.75, 3.05) is 5.75 Å². The number of aromatic nitrogens is 2. The molecular formula is C21H17F4N3S. The Morgan fingerprint density at radius 1 is 0.966 bits per heavy atom. The van der Waals surface area contributed by atoms with Crippen molar-refractivity contribution in [2.45, 2.75) is 18.1 Å². The highest BCUT2D eigenvalue weighted by molar-refractivity contribution is 7.99. The van der Waals surface area contributed by atoms with Crippen LogP contribution in [0.2, 0.25) is 0 Å². The van der Waals surface area contributed by atoms with Crippen LogP contribution in [0.15, 0.2) is 66.0 Å². The molecule has 0 bridgehead atoms. The molecule has 0 saturated carbocycles. The van der Waals surface area contributed by atoms with E-state index in [2.05, 4.69) is 9.97 Å². The van der Waals surface area contributed by atoms with Gasteiger partial charge in [-0.15, -0.1) is 11.8 Å². The topological polar surface area (TPSA) is 51.8 Å². The quantitative estimate of drug-likeness (QED) is 0.431. The Labute approximate surface area is 169 Å². The highest BCUT2D eigenvalue weighted by atomic mass is 32.2. The molecule has 3 nitrogen and oxygen atoms in total. The van der Waals surface area contributed by atoms with Crippen LogP contribution in [0.5, 0.6) is 0 Å². The van der Waals surface area contributed by atoms with Gasteiger partial charge in [-0.2, -0.15) is 13.2 Å². The number of benzene rings is 1. The first-order valence-electron chi connectivity index (χ1n) is 8.68. The van der Waals surface area contributed by atoms with Crippen molar-refractivity contribution >= 4 is 23.0 Å². The maximum Gasteiger partial charge on any atom is 0.419 e. The molecule has 2 N–H and O–H groups in total. The molecule has 29 heavy (non-hydrogen) atoms. The minimum absolute atomic E-state index is 0.115. The van der Waals surface area contributed by atoms with Gasteiger partial charge in [0, 0.05) is 23.7 Å². The van der Waals surface area contributed by atoms with Crippen LogP contribution in [-0.2, 0) is 6.18 Å². The molecule has 1 aromatic carbocycles. The second-order valence-electron chi connectivity index (χ2n) is 6.01. The fourth-order valence-electron chi connectivity index (χ4n) is 2.78. The first-order valence-corrected chi connectivity index (χ1v) is 9.67. The van der Waals surface area contributed by atoms with E-state index >= 15 is 0 Å². The fourth-order valence-corrected chi connectivity index (χ4v) is 3.55. The van der Waals surface area contributed by atoms with Gasteiger partial charge >= 0.3 is 6.18 Å². The molecule has 0 spiro atoms. The summed E-state index contributed by atoms with van der Waals surface area (Å²) in [6, 6.07) is 11.3. The zero-order chi connectivity index (χ0) is 21.0. The summed E-state index contributed by atoms with van der Waals surface area (Å²) in [6.45, 7) is 1.76. The first-order chi connectivity index (χ1) is 13.8. The predicted octanol–water partition coefficient (Wildman–Crippen LogP) is 5.62. The van der Waals surface area contributed by atoms with Crippen molar-refractivity contribution in [2.24, 2.45) is 5.73 Å². The van der Waals surface area contributed by atoms with Gasteiger partial charge in [0.25, 0.3) is 0 Å². The summed E-state index contributed by atoms with van der Waals surface area (Å²) in [5.41, 5.74) is 7.77. The van der Waals surface area contributed by atoms with Gasteiger partial charge in [-0.1, -0.05) is 6.92 Å². The lowest BCUT2D eigenvalue weighted by atomic mass is 9.97. The summed E-state index contributed by atoms with van der Waals surface area (Å²) in [7, 11) is 0. The normalized spacial score (nSPS) is 12.6. The van der Waals surface area contributed by atoms with Crippen LogP contribution in [0.3, 0.4) is 0 Å². The number of hydrogen-bond acceptors (Lipinski definition) is 4. The van der Waals surface area contributed by atoms with Crippen LogP contribution in [0, 0.1) is 5.82 Å². The number of nitrogens with two attached hydrogens (primary N) is 1. The van der Waals surface area contributed by atoms with Crippen LogP contribution in [-0.4, -0.2) is 15.7 Å². The lowest BCUT2D eigenvalue weighted by Gasteiger charge is -2.16. The molecule has 3 aromatic rings. The van der Waals surface area contributed by atoms with E-state index in [1.165, 1.54) is 30.3 Å². The van der Waals surface area contributed by atoms with Gasteiger partial charge in [0.15, 0.2) is 0 Å². The van der Waals surface area contributed by atoms with Crippen molar-refractivity contribution in [3.8, 4) is 0 Å². The Hall–Kier alpha value is -2.87. The van der Waals surface area contributed by atoms with E-state index in [9.17, 15) is 17.6 Å². The number of rotatable bonds is 5. The summed E-state index contributed by atoms with van der Waals surface area (Å²) in [5.74, 6) is 0.0164. The van der Waals surface area contributed by atoms with Crippen LogP contribution in [0.1, 0.15) is 29.3 Å². The van der Waals surface area contributed by atoms with Crippen LogP contribution >= 0.6 is 11.8 Å². The molecular weight excluding hydrogens is 402 g/mol. The molecule has 0 atom stereocenters. The lowest BCUT2D eigenvalue weighted by Crippen LogP contribution is -2.10. The molecule has 0 aliphatic rings. The van der Waals surface area contributed by atoms with Crippen molar-refractivity contribution in [1.29, 1.82) is 0 Å². The van der Waals surface area contributed by atoms with Crippen molar-refractivity contribution < 1.29 is 17.6 Å². The molecule has 3 rings (SSSR count). The van der Waals surface area contributed by atoms with Crippen molar-refractivity contribution in [1.82, 2.24) is 9.97 Å². The third kappa shape index (κ3) is 4.76. The molecule has 0 aliphatic heterocycles. The van der Waals surface area contributed by atoms with Gasteiger partial charge in [0.1, 0.15) is 10.8 Å². The zero-order valence-corrected chi connectivity index (χ0v) is 16.2. The lowest BCUT2D eigenvalue weighted by molar-refractivity contribution is -0.140. The summed E-state index contributed by atoms with van der Waals surface area (Å²) in [6.07, 6.45) is -1.40. The maximum absolute atomic E-state index is 13.4. The molecule has 0 aliphatic carbocycles. The maximum atomic E-state index is 13.4. The average Bonchev–Trinajstić information content (AvgIpc) is 2.69. The van der Waals surface area contributed by atoms with Gasteiger partial charge in [0.2, 0.25) is 0 Å². The van der Waals surface area contributed by atoms with E-state index in [1.54, 1.807) is 31.5 Å². The molecule has 0 unspecified atom stereocenters. The summed E-state index contributed by atoms with van der Waals surface area (Å²) < 4.78 is 53.4. The van der Waals surface area contributed by atoms with Gasteiger partial charge in [0.05, 0.1) is 11.3 Å². The van der Waals surface area contributed by atoms with Gasteiger partial charge in [-0.3, -0.25) is 4.98 Å². The second kappa shape index (κ2) is 8.65. The van der Waals surface area contributed by atoms with Crippen molar-refractivity contribution in [3.05, 3.63) is 89.1 Å². The zero-order valence-electron chi connectivity index (χ0n) is 15.4. The van der Waals surface area contributed by atoms with E-state index in [-0.39, 0.29) is 10.7 Å². The number of halogens is 4. The molecule has 2 heterocycles. The van der Waals surface area contributed by atoms with E-state index in [0.29, 0.717) is 28.1 Å². The Kier molecular flexibility index (Phi) is 6.22. The Morgan fingerprint density at radius 2 is 1.62 bits per heavy atom. The third-order valence-electron chi connectivity index (χ3n) is 4.10. The average molecular weight is 419 g/mol. The fraction of sp³-hybridized carbons (Fsp3) is 0.143. The van der Waals surface area contributed by atoms with Crippen LogP contribution in [0.25, 0.3) is 11.3 Å². The van der Waals surface area contributed by atoms with Gasteiger partial charge < -0.3 is 5.73 Å². The van der Waals surface area contributed by atoms with Crippen molar-refractivity contribution in [3.63, 3.8) is 0 Å².